The molecule has 0 aliphatic rings. The molecule has 0 spiro atoms. The Labute approximate surface area is 106 Å². The lowest BCUT2D eigenvalue weighted by atomic mass is 10.1. The van der Waals surface area contributed by atoms with E-state index < -0.39 is 0 Å². The second-order valence-electron chi connectivity index (χ2n) is 4.66. The fourth-order valence-corrected chi connectivity index (χ4v) is 2.67. The molecule has 0 N–H and O–H groups in total. The molecule has 0 aliphatic heterocycles. The molecule has 0 aliphatic carbocycles. The van der Waals surface area contributed by atoms with Crippen LogP contribution >= 0.6 is 11.8 Å². The molecule has 1 unspecified atom stereocenters. The summed E-state index contributed by atoms with van der Waals surface area (Å²) in [5.41, 5.74) is 0. The highest BCUT2D eigenvalue weighted by atomic mass is 32.2. The molecule has 0 aromatic rings. The minimum atomic E-state index is 0.235. The van der Waals surface area contributed by atoms with Gasteiger partial charge in [0.05, 0.1) is 0 Å². The van der Waals surface area contributed by atoms with Crippen LogP contribution in [0, 0.1) is 5.92 Å². The first kappa shape index (κ1) is 16.0. The first-order valence-corrected chi connectivity index (χ1v) is 7.99. The molecule has 0 fully saturated rings. The number of unbranched alkanes of at least 4 members (excludes halogenated alkanes) is 7. The summed E-state index contributed by atoms with van der Waals surface area (Å²) in [4.78, 5) is 10.4. The zero-order chi connectivity index (χ0) is 12.1. The first-order valence-electron chi connectivity index (χ1n) is 6.84. The average Bonchev–Trinajstić information content (AvgIpc) is 2.31. The molecule has 0 saturated heterocycles. The van der Waals surface area contributed by atoms with Crippen LogP contribution in [0.25, 0.3) is 0 Å². The lowest BCUT2D eigenvalue weighted by molar-refractivity contribution is -0.110. The van der Waals surface area contributed by atoms with E-state index in [9.17, 15) is 4.79 Å². The van der Waals surface area contributed by atoms with Gasteiger partial charge in [0.15, 0.2) is 0 Å². The maximum atomic E-state index is 10.4. The van der Waals surface area contributed by atoms with E-state index in [2.05, 4.69) is 6.92 Å². The monoisotopic (exact) mass is 244 g/mol. The van der Waals surface area contributed by atoms with Gasteiger partial charge in [0.25, 0.3) is 0 Å². The molecule has 0 aromatic carbocycles. The highest BCUT2D eigenvalue weighted by Gasteiger charge is 1.98. The molecule has 0 radical (unpaired) electrons. The van der Waals surface area contributed by atoms with Gasteiger partial charge in [0.1, 0.15) is 6.29 Å². The van der Waals surface area contributed by atoms with Crippen molar-refractivity contribution >= 4 is 18.0 Å². The molecule has 0 heterocycles. The zero-order valence-electron chi connectivity index (χ0n) is 11.0. The van der Waals surface area contributed by atoms with Gasteiger partial charge in [-0.2, -0.15) is 11.8 Å². The van der Waals surface area contributed by atoms with Crippen LogP contribution in [0.1, 0.15) is 65.2 Å². The third-order valence-electron chi connectivity index (χ3n) is 2.76. The molecule has 1 nitrogen and oxygen atoms in total. The number of carbonyl (C=O) groups excluding carboxylic acids is 1. The zero-order valence-corrected chi connectivity index (χ0v) is 11.9. The minimum Gasteiger partial charge on any atom is -0.303 e. The predicted octanol–water partition coefficient (Wildman–Crippen LogP) is 4.70. The van der Waals surface area contributed by atoms with Gasteiger partial charge < -0.3 is 4.79 Å². The molecule has 1 atom stereocenters. The van der Waals surface area contributed by atoms with Gasteiger partial charge in [-0.05, 0) is 12.2 Å². The van der Waals surface area contributed by atoms with E-state index in [0.717, 1.165) is 12.0 Å². The number of thioether (sulfide) groups is 1. The Hall–Kier alpha value is 0.0200. The molecule has 0 saturated carbocycles. The van der Waals surface area contributed by atoms with Gasteiger partial charge in [0, 0.05) is 11.7 Å². The van der Waals surface area contributed by atoms with Crippen LogP contribution in [0.2, 0.25) is 0 Å². The second kappa shape index (κ2) is 13.1. The van der Waals surface area contributed by atoms with Crippen LogP contribution in [0.4, 0.5) is 0 Å². The van der Waals surface area contributed by atoms with Crippen molar-refractivity contribution in [1.29, 1.82) is 0 Å². The summed E-state index contributed by atoms with van der Waals surface area (Å²) in [6.07, 6.45) is 12.1. The summed E-state index contributed by atoms with van der Waals surface area (Å²) >= 11 is 1.93. The van der Waals surface area contributed by atoms with Crippen molar-refractivity contribution in [3.63, 3.8) is 0 Å². The number of hydrogen-bond donors (Lipinski definition) is 0. The van der Waals surface area contributed by atoms with Crippen molar-refractivity contribution in [2.24, 2.45) is 5.92 Å². The van der Waals surface area contributed by atoms with Crippen LogP contribution in [-0.2, 0) is 4.79 Å². The van der Waals surface area contributed by atoms with Gasteiger partial charge in [-0.3, -0.25) is 0 Å². The van der Waals surface area contributed by atoms with E-state index in [4.69, 9.17) is 0 Å². The highest BCUT2D eigenvalue weighted by molar-refractivity contribution is 7.99. The molecular formula is C14H28OS. The average molecular weight is 244 g/mol. The van der Waals surface area contributed by atoms with Crippen LogP contribution in [-0.4, -0.2) is 17.8 Å². The summed E-state index contributed by atoms with van der Waals surface area (Å²) < 4.78 is 0. The lowest BCUT2D eigenvalue weighted by Gasteiger charge is -2.03. The van der Waals surface area contributed by atoms with Crippen molar-refractivity contribution in [1.82, 2.24) is 0 Å². The van der Waals surface area contributed by atoms with Crippen LogP contribution in [0.15, 0.2) is 0 Å². The van der Waals surface area contributed by atoms with Crippen LogP contribution in [0.3, 0.4) is 0 Å². The molecular weight excluding hydrogens is 216 g/mol. The molecule has 0 bridgehead atoms. The molecule has 2 heteroatoms. The van der Waals surface area contributed by atoms with Gasteiger partial charge in [-0.15, -0.1) is 0 Å². The number of carbonyl (C=O) groups is 1. The SMILES string of the molecule is CCCCCCCCCCSCC(C)C=O. The summed E-state index contributed by atoms with van der Waals surface area (Å²) in [5.74, 6) is 2.46. The van der Waals surface area contributed by atoms with Gasteiger partial charge in [-0.25, -0.2) is 0 Å². The maximum absolute atomic E-state index is 10.4. The van der Waals surface area contributed by atoms with Crippen molar-refractivity contribution in [2.75, 3.05) is 11.5 Å². The Bertz CT molecular complexity index is 148. The summed E-state index contributed by atoms with van der Waals surface area (Å²) in [7, 11) is 0. The predicted molar refractivity (Wildman–Crippen MR) is 75.2 cm³/mol. The van der Waals surface area contributed by atoms with E-state index >= 15 is 0 Å². The smallest absolute Gasteiger partial charge is 0.123 e. The van der Waals surface area contributed by atoms with E-state index in [1.54, 1.807) is 0 Å². The Morgan fingerprint density at radius 3 is 2.12 bits per heavy atom. The summed E-state index contributed by atoms with van der Waals surface area (Å²) in [6.45, 7) is 4.26. The van der Waals surface area contributed by atoms with E-state index in [-0.39, 0.29) is 5.92 Å². The summed E-state index contributed by atoms with van der Waals surface area (Å²) in [6, 6.07) is 0. The van der Waals surface area contributed by atoms with Crippen molar-refractivity contribution in [3.05, 3.63) is 0 Å². The fraction of sp³-hybridized carbons (Fsp3) is 0.929. The van der Waals surface area contributed by atoms with E-state index in [0.29, 0.717) is 0 Å². The van der Waals surface area contributed by atoms with E-state index in [1.165, 1.54) is 57.1 Å². The van der Waals surface area contributed by atoms with Gasteiger partial charge in [-0.1, -0.05) is 58.8 Å². The molecule has 0 rings (SSSR count). The van der Waals surface area contributed by atoms with Crippen LogP contribution < -0.4 is 0 Å². The largest absolute Gasteiger partial charge is 0.303 e. The first-order chi connectivity index (χ1) is 7.81. The van der Waals surface area contributed by atoms with Crippen LogP contribution in [0.5, 0.6) is 0 Å². The second-order valence-corrected chi connectivity index (χ2v) is 5.81. The Morgan fingerprint density at radius 1 is 1.00 bits per heavy atom. The normalized spacial score (nSPS) is 12.6. The van der Waals surface area contributed by atoms with Crippen molar-refractivity contribution in [2.45, 2.75) is 65.2 Å². The fourth-order valence-electron chi connectivity index (χ4n) is 1.65. The van der Waals surface area contributed by atoms with Crippen molar-refractivity contribution in [3.8, 4) is 0 Å². The van der Waals surface area contributed by atoms with E-state index in [1.807, 2.05) is 18.7 Å². The third kappa shape index (κ3) is 12.1. The maximum Gasteiger partial charge on any atom is 0.123 e. The van der Waals surface area contributed by atoms with Crippen molar-refractivity contribution < 1.29 is 4.79 Å². The lowest BCUT2D eigenvalue weighted by Crippen LogP contribution is -1.99. The number of rotatable bonds is 12. The molecule has 16 heavy (non-hydrogen) atoms. The third-order valence-corrected chi connectivity index (χ3v) is 4.09. The number of aldehydes is 1. The van der Waals surface area contributed by atoms with Gasteiger partial charge >= 0.3 is 0 Å². The molecule has 96 valence electrons. The summed E-state index contributed by atoms with van der Waals surface area (Å²) in [5, 5.41) is 0. The Balaban J connectivity index is 2.96. The standard InChI is InChI=1S/C14H28OS/c1-3-4-5-6-7-8-9-10-11-16-13-14(2)12-15/h12,14H,3-11,13H2,1-2H3. The Kier molecular flexibility index (Phi) is 13.1. The quantitative estimate of drug-likeness (QED) is 0.366. The topological polar surface area (TPSA) is 17.1 Å². The minimum absolute atomic E-state index is 0.235. The Morgan fingerprint density at radius 2 is 1.56 bits per heavy atom. The van der Waals surface area contributed by atoms with Gasteiger partial charge in [0.2, 0.25) is 0 Å². The number of hydrogen-bond acceptors (Lipinski definition) is 2. The molecule has 0 aromatic heterocycles. The molecule has 0 amide bonds. The highest BCUT2D eigenvalue weighted by Crippen LogP contribution is 2.12.